The fourth-order valence-corrected chi connectivity index (χ4v) is 4.82. The van der Waals surface area contributed by atoms with Crippen LogP contribution in [-0.2, 0) is 4.79 Å². The number of nitrogens with zero attached hydrogens (tertiary/aromatic N) is 3. The Bertz CT molecular complexity index is 658. The Morgan fingerprint density at radius 1 is 1.48 bits per heavy atom. The van der Waals surface area contributed by atoms with Crippen molar-refractivity contribution in [2.45, 2.75) is 32.6 Å². The molecule has 2 aromatic rings. The van der Waals surface area contributed by atoms with E-state index in [4.69, 9.17) is 0 Å². The number of thiazole rings is 1. The van der Waals surface area contributed by atoms with E-state index in [2.05, 4.69) is 27.1 Å². The molecule has 1 saturated heterocycles. The Morgan fingerprint density at radius 2 is 2.40 bits per heavy atom. The zero-order valence-electron chi connectivity index (χ0n) is 14.7. The van der Waals surface area contributed by atoms with Crippen LogP contribution in [0.4, 0.5) is 5.13 Å². The molecule has 1 atom stereocenters. The Kier molecular flexibility index (Phi) is 6.93. The Balaban J connectivity index is 1.49. The average molecular weight is 379 g/mol. The van der Waals surface area contributed by atoms with Gasteiger partial charge in [-0.3, -0.25) is 4.79 Å². The normalized spacial score (nSPS) is 17.8. The van der Waals surface area contributed by atoms with Gasteiger partial charge in [0.25, 0.3) is 0 Å². The van der Waals surface area contributed by atoms with E-state index < -0.39 is 0 Å². The first kappa shape index (κ1) is 18.5. The number of pyridine rings is 1. The van der Waals surface area contributed by atoms with Crippen LogP contribution in [0, 0.1) is 5.92 Å². The van der Waals surface area contributed by atoms with E-state index >= 15 is 0 Å². The molecule has 1 aliphatic heterocycles. The van der Waals surface area contributed by atoms with E-state index in [9.17, 15) is 4.79 Å². The van der Waals surface area contributed by atoms with Crippen LogP contribution in [0.1, 0.15) is 32.6 Å². The Morgan fingerprint density at radius 3 is 3.24 bits per heavy atom. The van der Waals surface area contributed by atoms with Crippen molar-refractivity contribution >= 4 is 44.5 Å². The molecule has 0 bridgehead atoms. The third-order valence-electron chi connectivity index (χ3n) is 4.33. The first-order chi connectivity index (χ1) is 12.3. The zero-order valence-corrected chi connectivity index (χ0v) is 16.4. The number of anilines is 1. The lowest BCUT2D eigenvalue weighted by Gasteiger charge is -2.31. The third-order valence-corrected chi connectivity index (χ3v) is 6.65. The summed E-state index contributed by atoms with van der Waals surface area (Å²) in [5.41, 5.74) is 0.943. The fourth-order valence-electron chi connectivity index (χ4n) is 3.04. The predicted octanol–water partition coefficient (Wildman–Crippen LogP) is 3.56. The molecular weight excluding hydrogens is 352 g/mol. The maximum atomic E-state index is 12.5. The number of thioether (sulfide) groups is 1. The lowest BCUT2D eigenvalue weighted by atomic mass is 9.97. The molecule has 5 nitrogen and oxygen atoms in total. The van der Waals surface area contributed by atoms with Gasteiger partial charge >= 0.3 is 0 Å². The third kappa shape index (κ3) is 5.07. The van der Waals surface area contributed by atoms with Crippen molar-refractivity contribution in [2.24, 2.45) is 5.92 Å². The molecule has 7 heteroatoms. The van der Waals surface area contributed by atoms with Gasteiger partial charge in [-0.15, -0.1) is 0 Å². The number of nitrogens with one attached hydrogen (secondary N) is 1. The minimum Gasteiger partial charge on any atom is -0.356 e. The molecule has 136 valence electrons. The molecule has 1 fully saturated rings. The molecule has 1 N–H and O–H groups in total. The quantitative estimate of drug-likeness (QED) is 0.712. The molecule has 25 heavy (non-hydrogen) atoms. The summed E-state index contributed by atoms with van der Waals surface area (Å²) in [5, 5.41) is 4.11. The second kappa shape index (κ2) is 9.38. The van der Waals surface area contributed by atoms with Crippen molar-refractivity contribution in [1.82, 2.24) is 15.3 Å². The standard InChI is InChI=1S/C18H26N4OS2/c1-2-11-24-12-5-9-19-16(23)14-6-4-10-22(13-14)18-21-15-7-3-8-20-17(15)25-18/h3,7-8,14H,2,4-6,9-13H2,1H3,(H,19,23). The van der Waals surface area contributed by atoms with Gasteiger partial charge in [0.2, 0.25) is 5.91 Å². The molecule has 1 unspecified atom stereocenters. The zero-order chi connectivity index (χ0) is 17.5. The number of piperidine rings is 1. The molecule has 1 amide bonds. The van der Waals surface area contributed by atoms with Crippen molar-refractivity contribution in [2.75, 3.05) is 36.0 Å². The predicted molar refractivity (Wildman–Crippen MR) is 108 cm³/mol. The van der Waals surface area contributed by atoms with Crippen molar-refractivity contribution < 1.29 is 4.79 Å². The van der Waals surface area contributed by atoms with Gasteiger partial charge in [0, 0.05) is 25.8 Å². The first-order valence-electron chi connectivity index (χ1n) is 9.10. The van der Waals surface area contributed by atoms with Crippen LogP contribution in [0.5, 0.6) is 0 Å². The van der Waals surface area contributed by atoms with Gasteiger partial charge in [0.15, 0.2) is 5.13 Å². The summed E-state index contributed by atoms with van der Waals surface area (Å²) in [6, 6.07) is 3.91. The number of amides is 1. The van der Waals surface area contributed by atoms with E-state index in [0.717, 1.165) is 60.1 Å². The molecule has 0 aliphatic carbocycles. The summed E-state index contributed by atoms with van der Waals surface area (Å²) >= 11 is 3.58. The minimum atomic E-state index is 0.0667. The highest BCUT2D eigenvalue weighted by molar-refractivity contribution is 7.99. The Labute approximate surface area is 157 Å². The van der Waals surface area contributed by atoms with E-state index in [1.54, 1.807) is 17.5 Å². The van der Waals surface area contributed by atoms with Gasteiger partial charge < -0.3 is 10.2 Å². The first-order valence-corrected chi connectivity index (χ1v) is 11.1. The highest BCUT2D eigenvalue weighted by atomic mass is 32.2. The Hall–Kier alpha value is -1.34. The van der Waals surface area contributed by atoms with Gasteiger partial charge in [-0.05, 0) is 49.3 Å². The maximum absolute atomic E-state index is 12.5. The van der Waals surface area contributed by atoms with Crippen molar-refractivity contribution in [3.05, 3.63) is 18.3 Å². The molecule has 0 saturated carbocycles. The van der Waals surface area contributed by atoms with Crippen LogP contribution in [0.25, 0.3) is 10.3 Å². The number of hydrogen-bond acceptors (Lipinski definition) is 6. The molecule has 2 aromatic heterocycles. The van der Waals surface area contributed by atoms with Gasteiger partial charge in [0.05, 0.1) is 5.92 Å². The van der Waals surface area contributed by atoms with Crippen LogP contribution in [0.3, 0.4) is 0 Å². The summed E-state index contributed by atoms with van der Waals surface area (Å²) in [4.78, 5) is 24.7. The van der Waals surface area contributed by atoms with E-state index in [1.165, 1.54) is 12.2 Å². The van der Waals surface area contributed by atoms with Gasteiger partial charge in [-0.1, -0.05) is 18.3 Å². The molecule has 0 radical (unpaired) electrons. The molecule has 0 aromatic carbocycles. The number of carbonyl (C=O) groups excluding carboxylic acids is 1. The van der Waals surface area contributed by atoms with Crippen LogP contribution in [0.2, 0.25) is 0 Å². The van der Waals surface area contributed by atoms with E-state index in [-0.39, 0.29) is 11.8 Å². The minimum absolute atomic E-state index is 0.0667. The number of hydrogen-bond donors (Lipinski definition) is 1. The van der Waals surface area contributed by atoms with Gasteiger partial charge in [-0.2, -0.15) is 11.8 Å². The lowest BCUT2D eigenvalue weighted by molar-refractivity contribution is -0.125. The number of fused-ring (bicyclic) bond motifs is 1. The molecule has 0 spiro atoms. The van der Waals surface area contributed by atoms with Gasteiger partial charge in [0.1, 0.15) is 10.3 Å². The summed E-state index contributed by atoms with van der Waals surface area (Å²) in [6.45, 7) is 4.72. The van der Waals surface area contributed by atoms with Gasteiger partial charge in [-0.25, -0.2) is 9.97 Å². The lowest BCUT2D eigenvalue weighted by Crippen LogP contribution is -2.43. The van der Waals surface area contributed by atoms with E-state index in [1.807, 2.05) is 23.9 Å². The largest absolute Gasteiger partial charge is 0.356 e. The monoisotopic (exact) mass is 378 g/mol. The van der Waals surface area contributed by atoms with Crippen molar-refractivity contribution in [3.8, 4) is 0 Å². The maximum Gasteiger partial charge on any atom is 0.224 e. The van der Waals surface area contributed by atoms with E-state index in [0.29, 0.717) is 0 Å². The molecular formula is C18H26N4OS2. The SMILES string of the molecule is CCCSCCCNC(=O)C1CCCN(c2nc3cccnc3s2)C1. The fraction of sp³-hybridized carbons (Fsp3) is 0.611. The van der Waals surface area contributed by atoms with Crippen LogP contribution in [0.15, 0.2) is 18.3 Å². The second-order valence-corrected chi connectivity index (χ2v) is 8.55. The number of rotatable bonds is 8. The highest BCUT2D eigenvalue weighted by Crippen LogP contribution is 2.30. The van der Waals surface area contributed by atoms with Crippen LogP contribution < -0.4 is 10.2 Å². The highest BCUT2D eigenvalue weighted by Gasteiger charge is 2.27. The number of carbonyl (C=O) groups is 1. The van der Waals surface area contributed by atoms with Crippen LogP contribution >= 0.6 is 23.1 Å². The summed E-state index contributed by atoms with van der Waals surface area (Å²) < 4.78 is 0. The molecule has 3 rings (SSSR count). The van der Waals surface area contributed by atoms with Crippen molar-refractivity contribution in [1.29, 1.82) is 0 Å². The summed E-state index contributed by atoms with van der Waals surface area (Å²) in [6.07, 6.45) is 6.08. The average Bonchev–Trinajstić information content (AvgIpc) is 3.09. The summed E-state index contributed by atoms with van der Waals surface area (Å²) in [7, 11) is 0. The van der Waals surface area contributed by atoms with Crippen molar-refractivity contribution in [3.63, 3.8) is 0 Å². The van der Waals surface area contributed by atoms with Crippen LogP contribution in [-0.4, -0.2) is 47.0 Å². The smallest absolute Gasteiger partial charge is 0.224 e. The molecule has 3 heterocycles. The molecule has 1 aliphatic rings. The topological polar surface area (TPSA) is 58.1 Å². The summed E-state index contributed by atoms with van der Waals surface area (Å²) in [5.74, 6) is 2.60. The second-order valence-electron chi connectivity index (χ2n) is 6.37. The number of aromatic nitrogens is 2.